The molecule has 3 nitrogen and oxygen atoms in total. The zero-order valence-electron chi connectivity index (χ0n) is 12.3. The summed E-state index contributed by atoms with van der Waals surface area (Å²) in [6.07, 6.45) is 5.27. The summed E-state index contributed by atoms with van der Waals surface area (Å²) >= 11 is 1.91. The second-order valence-electron chi connectivity index (χ2n) is 5.47. The molecule has 0 aromatic heterocycles. The van der Waals surface area contributed by atoms with E-state index in [4.69, 9.17) is 0 Å². The number of para-hydroxylation sites is 1. The molecule has 1 saturated carbocycles. The van der Waals surface area contributed by atoms with Gasteiger partial charge in [0, 0.05) is 22.6 Å². The minimum absolute atomic E-state index is 0.0236. The van der Waals surface area contributed by atoms with Crippen molar-refractivity contribution in [2.45, 2.75) is 42.8 Å². The van der Waals surface area contributed by atoms with Gasteiger partial charge in [0.25, 0.3) is 0 Å². The van der Waals surface area contributed by atoms with Crippen LogP contribution in [-0.2, 0) is 4.79 Å². The lowest BCUT2D eigenvalue weighted by Gasteiger charge is -2.16. The number of amides is 1. The third-order valence-corrected chi connectivity index (χ3v) is 5.11. The Labute approximate surface area is 125 Å². The number of anilines is 1. The van der Waals surface area contributed by atoms with Gasteiger partial charge >= 0.3 is 0 Å². The molecule has 0 bridgehead atoms. The van der Waals surface area contributed by atoms with Gasteiger partial charge in [-0.15, -0.1) is 11.8 Å². The zero-order chi connectivity index (χ0) is 14.4. The van der Waals surface area contributed by atoms with Gasteiger partial charge in [0.15, 0.2) is 0 Å². The van der Waals surface area contributed by atoms with Gasteiger partial charge in [-0.3, -0.25) is 4.79 Å². The molecule has 1 aromatic carbocycles. The average molecular weight is 292 g/mol. The van der Waals surface area contributed by atoms with Gasteiger partial charge in [0.05, 0.1) is 5.69 Å². The Morgan fingerprint density at radius 3 is 2.75 bits per heavy atom. The molecule has 1 unspecified atom stereocenters. The number of carbonyl (C=O) groups is 1. The van der Waals surface area contributed by atoms with Crippen LogP contribution >= 0.6 is 11.8 Å². The van der Waals surface area contributed by atoms with E-state index in [0.29, 0.717) is 11.8 Å². The first-order valence-electron chi connectivity index (χ1n) is 7.42. The number of nitrogens with one attached hydrogen (secondary N) is 2. The Bertz CT molecular complexity index is 444. The van der Waals surface area contributed by atoms with Crippen molar-refractivity contribution >= 4 is 23.4 Å². The summed E-state index contributed by atoms with van der Waals surface area (Å²) in [6, 6.07) is 8.14. The third kappa shape index (κ3) is 4.25. The molecular weight excluding hydrogens is 268 g/mol. The normalized spacial score (nSPS) is 17.1. The van der Waals surface area contributed by atoms with E-state index in [0.717, 1.165) is 5.69 Å². The van der Waals surface area contributed by atoms with E-state index in [2.05, 4.69) is 16.7 Å². The maximum absolute atomic E-state index is 12.1. The van der Waals surface area contributed by atoms with Gasteiger partial charge in [0.2, 0.25) is 5.91 Å². The molecule has 20 heavy (non-hydrogen) atoms. The fourth-order valence-corrected chi connectivity index (χ4v) is 3.84. The second-order valence-corrected chi connectivity index (χ2v) is 6.81. The molecule has 0 heterocycles. The van der Waals surface area contributed by atoms with Crippen molar-refractivity contribution in [2.24, 2.45) is 5.92 Å². The van der Waals surface area contributed by atoms with Crippen molar-refractivity contribution in [3.05, 3.63) is 24.3 Å². The van der Waals surface area contributed by atoms with Crippen molar-refractivity contribution in [3.63, 3.8) is 0 Å². The Morgan fingerprint density at radius 2 is 2.05 bits per heavy atom. The Morgan fingerprint density at radius 1 is 1.35 bits per heavy atom. The maximum Gasteiger partial charge on any atom is 0.228 e. The van der Waals surface area contributed by atoms with Crippen LogP contribution in [0.4, 0.5) is 5.69 Å². The van der Waals surface area contributed by atoms with E-state index < -0.39 is 0 Å². The van der Waals surface area contributed by atoms with Crippen LogP contribution in [0.2, 0.25) is 0 Å². The quantitative estimate of drug-likeness (QED) is 0.843. The summed E-state index contributed by atoms with van der Waals surface area (Å²) in [7, 11) is 1.87. The van der Waals surface area contributed by atoms with Crippen LogP contribution in [0.5, 0.6) is 0 Å². The molecule has 1 fully saturated rings. The lowest BCUT2D eigenvalue weighted by Crippen LogP contribution is -2.28. The lowest BCUT2D eigenvalue weighted by atomic mass is 10.1. The second kappa shape index (κ2) is 7.70. The molecule has 110 valence electrons. The minimum atomic E-state index is -0.0236. The number of hydrogen-bond donors (Lipinski definition) is 2. The number of rotatable bonds is 6. The summed E-state index contributed by atoms with van der Waals surface area (Å²) in [5.41, 5.74) is 0.956. The van der Waals surface area contributed by atoms with Crippen molar-refractivity contribution in [3.8, 4) is 0 Å². The minimum Gasteiger partial charge on any atom is -0.325 e. The molecule has 1 aliphatic rings. The Hall–Kier alpha value is -1.00. The first-order chi connectivity index (χ1) is 9.70. The molecule has 4 heteroatoms. The summed E-state index contributed by atoms with van der Waals surface area (Å²) < 4.78 is 0. The molecule has 0 aliphatic heterocycles. The number of carbonyl (C=O) groups excluding carboxylic acids is 1. The monoisotopic (exact) mass is 292 g/mol. The van der Waals surface area contributed by atoms with Crippen LogP contribution in [0, 0.1) is 5.92 Å². The van der Waals surface area contributed by atoms with E-state index in [1.165, 1.54) is 30.6 Å². The average Bonchev–Trinajstić information content (AvgIpc) is 2.94. The zero-order valence-corrected chi connectivity index (χ0v) is 13.1. The predicted molar refractivity (Wildman–Crippen MR) is 86.3 cm³/mol. The van der Waals surface area contributed by atoms with Crippen molar-refractivity contribution in [1.29, 1.82) is 0 Å². The van der Waals surface area contributed by atoms with Gasteiger partial charge in [-0.25, -0.2) is 0 Å². The van der Waals surface area contributed by atoms with Crippen molar-refractivity contribution in [2.75, 3.05) is 18.9 Å². The summed E-state index contributed by atoms with van der Waals surface area (Å²) in [4.78, 5) is 13.3. The van der Waals surface area contributed by atoms with E-state index in [9.17, 15) is 4.79 Å². The lowest BCUT2D eigenvalue weighted by molar-refractivity contribution is -0.119. The number of thioether (sulfide) groups is 1. The molecule has 1 aromatic rings. The van der Waals surface area contributed by atoms with Gasteiger partial charge in [-0.05, 0) is 32.0 Å². The van der Waals surface area contributed by atoms with Gasteiger partial charge in [-0.2, -0.15) is 0 Å². The highest BCUT2D eigenvalue weighted by Crippen LogP contribution is 2.38. The van der Waals surface area contributed by atoms with Gasteiger partial charge in [0.1, 0.15) is 0 Å². The third-order valence-electron chi connectivity index (χ3n) is 3.70. The number of hydrogen-bond acceptors (Lipinski definition) is 3. The van der Waals surface area contributed by atoms with E-state index in [-0.39, 0.29) is 11.8 Å². The fraction of sp³-hybridized carbons (Fsp3) is 0.562. The molecule has 2 rings (SSSR count). The van der Waals surface area contributed by atoms with Crippen LogP contribution in [0.3, 0.4) is 0 Å². The summed E-state index contributed by atoms with van der Waals surface area (Å²) in [6.45, 7) is 2.64. The van der Waals surface area contributed by atoms with Crippen molar-refractivity contribution < 1.29 is 4.79 Å². The van der Waals surface area contributed by atoms with Gasteiger partial charge in [-0.1, -0.05) is 31.9 Å². The highest BCUT2D eigenvalue weighted by Gasteiger charge is 2.19. The molecule has 0 spiro atoms. The molecular formula is C16H24N2OS. The van der Waals surface area contributed by atoms with Crippen LogP contribution in [0.15, 0.2) is 29.2 Å². The fourth-order valence-electron chi connectivity index (χ4n) is 2.51. The molecule has 1 aliphatic carbocycles. The number of benzene rings is 1. The first-order valence-corrected chi connectivity index (χ1v) is 8.30. The van der Waals surface area contributed by atoms with Crippen LogP contribution < -0.4 is 10.6 Å². The molecule has 1 atom stereocenters. The molecule has 0 saturated heterocycles. The molecule has 0 radical (unpaired) electrons. The van der Waals surface area contributed by atoms with Crippen molar-refractivity contribution in [1.82, 2.24) is 5.32 Å². The first kappa shape index (κ1) is 15.4. The molecule has 1 amide bonds. The van der Waals surface area contributed by atoms with E-state index in [1.54, 1.807) is 0 Å². The van der Waals surface area contributed by atoms with E-state index in [1.807, 2.05) is 43.9 Å². The standard InChI is InChI=1S/C16H24N2OS/c1-12(11-17-2)16(19)18-14-9-5-6-10-15(14)20-13-7-3-4-8-13/h5-6,9-10,12-13,17H,3-4,7-8,11H2,1-2H3,(H,18,19). The predicted octanol–water partition coefficient (Wildman–Crippen LogP) is 3.52. The van der Waals surface area contributed by atoms with Crippen LogP contribution in [-0.4, -0.2) is 24.7 Å². The maximum atomic E-state index is 12.1. The smallest absolute Gasteiger partial charge is 0.228 e. The van der Waals surface area contributed by atoms with Crippen LogP contribution in [0.25, 0.3) is 0 Å². The highest BCUT2D eigenvalue weighted by atomic mass is 32.2. The van der Waals surface area contributed by atoms with E-state index >= 15 is 0 Å². The topological polar surface area (TPSA) is 41.1 Å². The van der Waals surface area contributed by atoms with Gasteiger partial charge < -0.3 is 10.6 Å². The Balaban J connectivity index is 2.01. The highest BCUT2D eigenvalue weighted by molar-refractivity contribution is 8.00. The molecule has 2 N–H and O–H groups in total. The SMILES string of the molecule is CNCC(C)C(=O)Nc1ccccc1SC1CCCC1. The summed E-state index contributed by atoms with van der Waals surface area (Å²) in [5, 5.41) is 6.82. The summed E-state index contributed by atoms with van der Waals surface area (Å²) in [5.74, 6) is 0.0587. The Kier molecular flexibility index (Phi) is 5.92. The largest absolute Gasteiger partial charge is 0.325 e. The van der Waals surface area contributed by atoms with Crippen LogP contribution in [0.1, 0.15) is 32.6 Å².